The third-order valence-corrected chi connectivity index (χ3v) is 2.20. The molecule has 1 heterocycles. The Morgan fingerprint density at radius 3 is 2.05 bits per heavy atom. The molecule has 0 atom stereocenters. The fourth-order valence-electron chi connectivity index (χ4n) is 0.989. The van der Waals surface area contributed by atoms with Crippen molar-refractivity contribution in [3.05, 3.63) is 18.7 Å². The lowest BCUT2D eigenvalue weighted by atomic mass is 10.2. The highest BCUT2D eigenvalue weighted by Gasteiger charge is 2.61. The maximum absolute atomic E-state index is 11.8. The van der Waals surface area contributed by atoms with Crippen LogP contribution in [0.3, 0.4) is 0 Å². The Balaban J connectivity index is 0.000000367. The van der Waals surface area contributed by atoms with Gasteiger partial charge in [0.05, 0.1) is 12.9 Å². The van der Waals surface area contributed by atoms with E-state index in [0.717, 1.165) is 19.5 Å². The molecular formula is C10H16F6N4. The molecule has 0 bridgehead atoms. The average Bonchev–Trinajstić information content (AvgIpc) is 2.89. The van der Waals surface area contributed by atoms with Gasteiger partial charge >= 0.3 is 18.3 Å². The first-order valence-electron chi connectivity index (χ1n) is 5.58. The molecule has 0 aliphatic rings. The average molecular weight is 306 g/mol. The van der Waals surface area contributed by atoms with Gasteiger partial charge in [0.2, 0.25) is 0 Å². The topological polar surface area (TPSA) is 69.9 Å². The highest BCUT2D eigenvalue weighted by Crippen LogP contribution is 2.37. The standard InChI is InChI=1S/C6H11N3.C4H5F6N/c7-2-1-4-9-5-3-8-6-9;5-2(6)4(9,10)3(7,8)1-11/h3,5-6H,1-2,4,7H2;2H,1,11H2. The van der Waals surface area contributed by atoms with Gasteiger partial charge in [0.15, 0.2) is 0 Å². The second-order valence-corrected chi connectivity index (χ2v) is 3.77. The Morgan fingerprint density at radius 2 is 1.75 bits per heavy atom. The maximum atomic E-state index is 11.8. The molecule has 4 nitrogen and oxygen atoms in total. The monoisotopic (exact) mass is 306 g/mol. The van der Waals surface area contributed by atoms with Crippen molar-refractivity contribution in [1.82, 2.24) is 9.55 Å². The molecule has 0 saturated carbocycles. The molecule has 4 N–H and O–H groups in total. The summed E-state index contributed by atoms with van der Waals surface area (Å²) in [6, 6.07) is 0. The van der Waals surface area contributed by atoms with Gasteiger partial charge in [-0.25, -0.2) is 13.8 Å². The minimum Gasteiger partial charge on any atom is -0.337 e. The lowest BCUT2D eigenvalue weighted by Crippen LogP contribution is -2.50. The summed E-state index contributed by atoms with van der Waals surface area (Å²) >= 11 is 0. The molecule has 0 aliphatic carbocycles. The predicted octanol–water partition coefficient (Wildman–Crippen LogP) is 1.71. The number of hydrogen-bond donors (Lipinski definition) is 2. The van der Waals surface area contributed by atoms with Crippen LogP contribution in [-0.2, 0) is 6.54 Å². The van der Waals surface area contributed by atoms with Gasteiger partial charge in [-0.3, -0.25) is 0 Å². The van der Waals surface area contributed by atoms with Crippen LogP contribution in [0.2, 0.25) is 0 Å². The van der Waals surface area contributed by atoms with Gasteiger partial charge in [-0.2, -0.15) is 17.6 Å². The highest BCUT2D eigenvalue weighted by atomic mass is 19.3. The summed E-state index contributed by atoms with van der Waals surface area (Å²) in [4.78, 5) is 3.90. The van der Waals surface area contributed by atoms with Crippen LogP contribution >= 0.6 is 0 Å². The minimum atomic E-state index is -5.35. The van der Waals surface area contributed by atoms with Crippen LogP contribution in [0.5, 0.6) is 0 Å². The Labute approximate surface area is 111 Å². The van der Waals surface area contributed by atoms with E-state index in [2.05, 4.69) is 10.7 Å². The molecule has 1 aromatic rings. The molecule has 0 aromatic carbocycles. The third-order valence-electron chi connectivity index (χ3n) is 2.20. The Kier molecular flexibility index (Phi) is 7.58. The lowest BCUT2D eigenvalue weighted by molar-refractivity contribution is -0.258. The molecule has 1 aromatic heterocycles. The number of alkyl halides is 6. The number of halogens is 6. The van der Waals surface area contributed by atoms with Crippen LogP contribution in [0.1, 0.15) is 6.42 Å². The summed E-state index contributed by atoms with van der Waals surface area (Å²) < 4.78 is 71.6. The molecule has 20 heavy (non-hydrogen) atoms. The van der Waals surface area contributed by atoms with E-state index in [1.807, 2.05) is 10.8 Å². The minimum absolute atomic E-state index is 0.748. The van der Waals surface area contributed by atoms with Crippen LogP contribution < -0.4 is 11.5 Å². The van der Waals surface area contributed by atoms with Gasteiger partial charge in [-0.15, -0.1) is 0 Å². The lowest BCUT2D eigenvalue weighted by Gasteiger charge is -2.23. The van der Waals surface area contributed by atoms with Gasteiger partial charge in [0.25, 0.3) is 0 Å². The first-order chi connectivity index (χ1) is 9.19. The summed E-state index contributed by atoms with van der Waals surface area (Å²) in [6.07, 6.45) is 2.14. The summed E-state index contributed by atoms with van der Waals surface area (Å²) in [5, 5.41) is 0. The van der Waals surface area contributed by atoms with Crippen LogP contribution in [0.4, 0.5) is 26.3 Å². The number of rotatable bonds is 6. The normalized spacial score (nSPS) is 12.2. The number of nitrogens with zero attached hydrogens (tertiary/aromatic N) is 2. The zero-order valence-corrected chi connectivity index (χ0v) is 10.5. The molecule has 0 aliphatic heterocycles. The van der Waals surface area contributed by atoms with Crippen molar-refractivity contribution < 1.29 is 26.3 Å². The van der Waals surface area contributed by atoms with E-state index >= 15 is 0 Å². The molecule has 0 saturated heterocycles. The predicted molar refractivity (Wildman–Crippen MR) is 60.9 cm³/mol. The first kappa shape index (κ1) is 18.7. The van der Waals surface area contributed by atoms with Crippen molar-refractivity contribution in [3.8, 4) is 0 Å². The smallest absolute Gasteiger partial charge is 0.337 e. The molecular weight excluding hydrogens is 290 g/mol. The van der Waals surface area contributed by atoms with E-state index in [0.29, 0.717) is 0 Å². The number of hydrogen-bond acceptors (Lipinski definition) is 3. The van der Waals surface area contributed by atoms with Crippen molar-refractivity contribution in [3.63, 3.8) is 0 Å². The third kappa shape index (κ3) is 5.37. The summed E-state index contributed by atoms with van der Waals surface area (Å²) in [7, 11) is 0. The summed E-state index contributed by atoms with van der Waals surface area (Å²) in [5.74, 6) is -10.2. The van der Waals surface area contributed by atoms with Crippen LogP contribution in [0.15, 0.2) is 18.7 Å². The molecule has 118 valence electrons. The zero-order valence-electron chi connectivity index (χ0n) is 10.5. The molecule has 10 heteroatoms. The fraction of sp³-hybridized carbons (Fsp3) is 0.700. The molecule has 0 unspecified atom stereocenters. The molecule has 0 amide bonds. The van der Waals surface area contributed by atoms with Crippen molar-refractivity contribution in [2.75, 3.05) is 13.1 Å². The Bertz CT molecular complexity index is 355. The van der Waals surface area contributed by atoms with E-state index in [9.17, 15) is 26.3 Å². The van der Waals surface area contributed by atoms with Gasteiger partial charge in [-0.05, 0) is 13.0 Å². The SMILES string of the molecule is NCC(F)(F)C(F)(F)C(F)F.NCCCn1ccnc1. The molecule has 0 radical (unpaired) electrons. The Hall–Kier alpha value is -1.29. The molecule has 0 fully saturated rings. The number of aryl methyl sites for hydroxylation is 1. The number of imidazole rings is 1. The molecule has 1 rings (SSSR count). The van der Waals surface area contributed by atoms with Crippen molar-refractivity contribution >= 4 is 0 Å². The van der Waals surface area contributed by atoms with Crippen molar-refractivity contribution in [1.29, 1.82) is 0 Å². The largest absolute Gasteiger partial charge is 0.370 e. The Morgan fingerprint density at radius 1 is 1.15 bits per heavy atom. The van der Waals surface area contributed by atoms with Gasteiger partial charge < -0.3 is 16.0 Å². The van der Waals surface area contributed by atoms with Crippen molar-refractivity contribution in [2.24, 2.45) is 11.5 Å². The number of nitrogens with two attached hydrogens (primary N) is 2. The molecule has 0 spiro atoms. The fourth-order valence-corrected chi connectivity index (χ4v) is 0.989. The van der Waals surface area contributed by atoms with E-state index in [1.165, 1.54) is 0 Å². The van der Waals surface area contributed by atoms with E-state index < -0.39 is 24.8 Å². The summed E-state index contributed by atoms with van der Waals surface area (Å²) in [5.41, 5.74) is 9.48. The zero-order chi connectivity index (χ0) is 15.8. The number of aromatic nitrogens is 2. The second kappa shape index (κ2) is 8.10. The van der Waals surface area contributed by atoms with Crippen LogP contribution in [0, 0.1) is 0 Å². The summed E-state index contributed by atoms with van der Waals surface area (Å²) in [6.45, 7) is -0.0704. The first-order valence-corrected chi connectivity index (χ1v) is 5.58. The van der Waals surface area contributed by atoms with Gasteiger partial charge in [0.1, 0.15) is 0 Å². The quantitative estimate of drug-likeness (QED) is 0.786. The maximum Gasteiger partial charge on any atom is 0.370 e. The highest BCUT2D eigenvalue weighted by molar-refractivity contribution is 4.87. The second-order valence-electron chi connectivity index (χ2n) is 3.77. The van der Waals surface area contributed by atoms with Crippen LogP contribution in [0.25, 0.3) is 0 Å². The van der Waals surface area contributed by atoms with E-state index in [1.54, 1.807) is 12.5 Å². The van der Waals surface area contributed by atoms with Gasteiger partial charge in [0, 0.05) is 18.9 Å². The van der Waals surface area contributed by atoms with Gasteiger partial charge in [-0.1, -0.05) is 0 Å². The van der Waals surface area contributed by atoms with E-state index in [-0.39, 0.29) is 0 Å². The van der Waals surface area contributed by atoms with E-state index in [4.69, 9.17) is 5.73 Å². The van der Waals surface area contributed by atoms with Crippen LogP contribution in [-0.4, -0.2) is 40.9 Å². The van der Waals surface area contributed by atoms with Crippen molar-refractivity contribution in [2.45, 2.75) is 31.2 Å².